The molecule has 0 aliphatic rings. The fourth-order valence-corrected chi connectivity index (χ4v) is 1.75. The highest BCUT2D eigenvalue weighted by Crippen LogP contribution is 2.22. The van der Waals surface area contributed by atoms with Crippen LogP contribution >= 0.6 is 0 Å². The zero-order valence-electron chi connectivity index (χ0n) is 10.2. The Labute approximate surface area is 98.3 Å². The summed E-state index contributed by atoms with van der Waals surface area (Å²) >= 11 is 0. The molecule has 0 radical (unpaired) electrons. The van der Waals surface area contributed by atoms with Crippen molar-refractivity contribution in [3.05, 3.63) is 42.5 Å². The first-order valence-corrected chi connectivity index (χ1v) is 5.82. The van der Waals surface area contributed by atoms with Gasteiger partial charge >= 0.3 is 0 Å². The van der Waals surface area contributed by atoms with E-state index in [0.717, 1.165) is 18.6 Å². The molecule has 0 bridgehead atoms. The van der Waals surface area contributed by atoms with Crippen molar-refractivity contribution in [1.29, 1.82) is 0 Å². The smallest absolute Gasteiger partial charge is 0.119 e. The quantitative estimate of drug-likeness (QED) is 0.710. The molecule has 1 aromatic rings. The molecule has 0 saturated carbocycles. The minimum atomic E-state index is 0.374. The van der Waals surface area contributed by atoms with Gasteiger partial charge in [0.25, 0.3) is 0 Å². The number of hydrogen-bond acceptors (Lipinski definition) is 2. The number of hydrogen-bond donors (Lipinski definition) is 1. The van der Waals surface area contributed by atoms with E-state index in [0.29, 0.717) is 12.6 Å². The molecule has 0 aliphatic heterocycles. The third-order valence-corrected chi connectivity index (χ3v) is 2.58. The molecule has 0 aliphatic carbocycles. The second-order valence-electron chi connectivity index (χ2n) is 3.71. The van der Waals surface area contributed by atoms with Gasteiger partial charge in [0.05, 0.1) is 6.61 Å². The maximum Gasteiger partial charge on any atom is 0.119 e. The lowest BCUT2D eigenvalue weighted by Crippen LogP contribution is -2.16. The fraction of sp³-hybridized carbons (Fsp3) is 0.429. The molecule has 1 atom stereocenters. The van der Waals surface area contributed by atoms with E-state index in [9.17, 15) is 0 Å². The lowest BCUT2D eigenvalue weighted by molar-refractivity contribution is 0.339. The molecule has 1 rings (SSSR count). The predicted molar refractivity (Wildman–Crippen MR) is 68.8 cm³/mol. The van der Waals surface area contributed by atoms with Gasteiger partial charge < -0.3 is 10.1 Å². The van der Waals surface area contributed by atoms with Crippen molar-refractivity contribution < 1.29 is 4.74 Å². The van der Waals surface area contributed by atoms with Crippen molar-refractivity contribution in [2.45, 2.75) is 25.8 Å². The van der Waals surface area contributed by atoms with Gasteiger partial charge in [-0.15, -0.1) is 6.58 Å². The Morgan fingerprint density at radius 3 is 2.94 bits per heavy atom. The molecule has 0 spiro atoms. The molecular formula is C14H21NO. The Bertz CT molecular complexity index is 322. The van der Waals surface area contributed by atoms with Gasteiger partial charge in [0.2, 0.25) is 0 Å². The molecule has 2 heteroatoms. The molecule has 0 saturated heterocycles. The van der Waals surface area contributed by atoms with Gasteiger partial charge in [0.1, 0.15) is 5.75 Å². The minimum Gasteiger partial charge on any atom is -0.494 e. The highest BCUT2D eigenvalue weighted by Gasteiger charge is 2.08. The summed E-state index contributed by atoms with van der Waals surface area (Å²) in [7, 11) is 1.99. The summed E-state index contributed by atoms with van der Waals surface area (Å²) < 4.78 is 5.50. The van der Waals surface area contributed by atoms with Crippen molar-refractivity contribution in [3.8, 4) is 5.75 Å². The lowest BCUT2D eigenvalue weighted by Gasteiger charge is -2.16. The van der Waals surface area contributed by atoms with E-state index in [1.807, 2.05) is 32.2 Å². The summed E-state index contributed by atoms with van der Waals surface area (Å²) in [6.45, 7) is 6.46. The summed E-state index contributed by atoms with van der Waals surface area (Å²) in [6.07, 6.45) is 4.04. The van der Waals surface area contributed by atoms with Crippen LogP contribution in [0.1, 0.15) is 31.4 Å². The average Bonchev–Trinajstić information content (AvgIpc) is 2.31. The number of rotatable bonds is 7. The van der Waals surface area contributed by atoms with Crippen LogP contribution in [0.2, 0.25) is 0 Å². The van der Waals surface area contributed by atoms with Crippen LogP contribution in [0.15, 0.2) is 36.9 Å². The summed E-state index contributed by atoms with van der Waals surface area (Å²) in [5, 5.41) is 3.32. The first kappa shape index (κ1) is 12.8. The Morgan fingerprint density at radius 2 is 2.31 bits per heavy atom. The average molecular weight is 219 g/mol. The predicted octanol–water partition coefficient (Wildman–Crippen LogP) is 3.31. The van der Waals surface area contributed by atoms with E-state index in [2.05, 4.69) is 24.0 Å². The summed E-state index contributed by atoms with van der Waals surface area (Å²) in [4.78, 5) is 0. The maximum atomic E-state index is 5.50. The Morgan fingerprint density at radius 1 is 1.50 bits per heavy atom. The zero-order valence-corrected chi connectivity index (χ0v) is 10.2. The summed E-state index contributed by atoms with van der Waals surface area (Å²) in [6, 6.07) is 8.64. The van der Waals surface area contributed by atoms with Crippen LogP contribution in [-0.4, -0.2) is 13.7 Å². The SMILES string of the molecule is C=CCCC(NC)c1cccc(OCC)c1. The van der Waals surface area contributed by atoms with Crippen LogP contribution in [0, 0.1) is 0 Å². The van der Waals surface area contributed by atoms with E-state index >= 15 is 0 Å². The number of allylic oxidation sites excluding steroid dienone is 1. The van der Waals surface area contributed by atoms with Crippen LogP contribution in [0.3, 0.4) is 0 Å². The highest BCUT2D eigenvalue weighted by atomic mass is 16.5. The van der Waals surface area contributed by atoms with Crippen molar-refractivity contribution in [2.75, 3.05) is 13.7 Å². The first-order valence-electron chi connectivity index (χ1n) is 5.82. The van der Waals surface area contributed by atoms with Gasteiger partial charge in [-0.1, -0.05) is 18.2 Å². The number of ether oxygens (including phenoxy) is 1. The van der Waals surface area contributed by atoms with E-state index in [-0.39, 0.29) is 0 Å². The van der Waals surface area contributed by atoms with Crippen LogP contribution in [0.25, 0.3) is 0 Å². The second-order valence-corrected chi connectivity index (χ2v) is 3.71. The zero-order chi connectivity index (χ0) is 11.8. The van der Waals surface area contributed by atoms with Crippen LogP contribution in [0.4, 0.5) is 0 Å². The molecule has 2 nitrogen and oxygen atoms in total. The lowest BCUT2D eigenvalue weighted by atomic mass is 10.0. The largest absolute Gasteiger partial charge is 0.494 e. The van der Waals surface area contributed by atoms with E-state index in [1.54, 1.807) is 0 Å². The molecule has 1 aromatic carbocycles. The molecular weight excluding hydrogens is 198 g/mol. The monoisotopic (exact) mass is 219 g/mol. The number of nitrogens with one attached hydrogen (secondary N) is 1. The molecule has 0 heterocycles. The third-order valence-electron chi connectivity index (χ3n) is 2.58. The maximum absolute atomic E-state index is 5.50. The fourth-order valence-electron chi connectivity index (χ4n) is 1.75. The highest BCUT2D eigenvalue weighted by molar-refractivity contribution is 5.30. The van der Waals surface area contributed by atoms with Crippen LogP contribution < -0.4 is 10.1 Å². The molecule has 88 valence electrons. The Hall–Kier alpha value is -1.28. The molecule has 0 aromatic heterocycles. The number of benzene rings is 1. The summed E-state index contributed by atoms with van der Waals surface area (Å²) in [5.74, 6) is 0.943. The summed E-state index contributed by atoms with van der Waals surface area (Å²) in [5.41, 5.74) is 1.27. The van der Waals surface area contributed by atoms with E-state index in [1.165, 1.54) is 5.56 Å². The van der Waals surface area contributed by atoms with Crippen LogP contribution in [-0.2, 0) is 0 Å². The van der Waals surface area contributed by atoms with Gasteiger partial charge in [-0.05, 0) is 44.5 Å². The standard InChI is InChI=1S/C14H21NO/c1-4-6-10-14(15-3)12-8-7-9-13(11-12)16-5-2/h4,7-9,11,14-15H,1,5-6,10H2,2-3H3. The Kier molecular flexibility index (Phi) is 5.65. The van der Waals surface area contributed by atoms with Gasteiger partial charge in [0.15, 0.2) is 0 Å². The van der Waals surface area contributed by atoms with Crippen LogP contribution in [0.5, 0.6) is 5.75 Å². The van der Waals surface area contributed by atoms with Gasteiger partial charge in [-0.2, -0.15) is 0 Å². The first-order chi connectivity index (χ1) is 7.81. The molecule has 1 N–H and O–H groups in total. The topological polar surface area (TPSA) is 21.3 Å². The molecule has 16 heavy (non-hydrogen) atoms. The van der Waals surface area contributed by atoms with E-state index in [4.69, 9.17) is 4.74 Å². The van der Waals surface area contributed by atoms with Crippen molar-refractivity contribution in [3.63, 3.8) is 0 Å². The molecule has 1 unspecified atom stereocenters. The third kappa shape index (κ3) is 3.70. The second kappa shape index (κ2) is 7.07. The Balaban J connectivity index is 2.74. The molecule has 0 amide bonds. The van der Waals surface area contributed by atoms with Crippen molar-refractivity contribution >= 4 is 0 Å². The van der Waals surface area contributed by atoms with Gasteiger partial charge in [-0.3, -0.25) is 0 Å². The minimum absolute atomic E-state index is 0.374. The van der Waals surface area contributed by atoms with Gasteiger partial charge in [0, 0.05) is 6.04 Å². The van der Waals surface area contributed by atoms with Gasteiger partial charge in [-0.25, -0.2) is 0 Å². The normalized spacial score (nSPS) is 12.1. The molecule has 0 fully saturated rings. The van der Waals surface area contributed by atoms with Crippen molar-refractivity contribution in [2.24, 2.45) is 0 Å². The van der Waals surface area contributed by atoms with E-state index < -0.39 is 0 Å². The van der Waals surface area contributed by atoms with Crippen molar-refractivity contribution in [1.82, 2.24) is 5.32 Å².